The molecule has 0 radical (unpaired) electrons. The van der Waals surface area contributed by atoms with Crippen LogP contribution in [0.2, 0.25) is 0 Å². The maximum Gasteiger partial charge on any atom is 0.419 e. The van der Waals surface area contributed by atoms with E-state index in [2.05, 4.69) is 0 Å². The molecular formula is C17H12ClF4NO2. The molecule has 8 heteroatoms. The molecule has 0 saturated heterocycles. The fourth-order valence-corrected chi connectivity index (χ4v) is 2.70. The van der Waals surface area contributed by atoms with Crippen LogP contribution in [0.25, 0.3) is 0 Å². The molecule has 3 nitrogen and oxygen atoms in total. The highest BCUT2D eigenvalue weighted by Gasteiger charge is 2.35. The second-order valence-electron chi connectivity index (χ2n) is 5.39. The minimum atomic E-state index is -4.77. The third-order valence-electron chi connectivity index (χ3n) is 3.66. The van der Waals surface area contributed by atoms with Gasteiger partial charge in [0.1, 0.15) is 11.9 Å². The second-order valence-corrected chi connectivity index (χ2v) is 5.83. The maximum absolute atomic E-state index is 13.8. The van der Waals surface area contributed by atoms with E-state index in [0.717, 1.165) is 12.1 Å². The summed E-state index contributed by atoms with van der Waals surface area (Å²) in [5, 5.41) is 10.7. The number of halogens is 5. The van der Waals surface area contributed by atoms with Crippen LogP contribution in [0.15, 0.2) is 53.7 Å². The number of anilines is 1. The van der Waals surface area contributed by atoms with Gasteiger partial charge in [-0.15, -0.1) is 0 Å². The summed E-state index contributed by atoms with van der Waals surface area (Å²) < 4.78 is 51.7. The lowest BCUT2D eigenvalue weighted by Crippen LogP contribution is -2.14. The molecule has 0 spiro atoms. The fraction of sp³-hybridized carbons (Fsp3) is 0.176. The largest absolute Gasteiger partial charge is 0.419 e. The molecule has 0 bridgehead atoms. The Morgan fingerprint density at radius 3 is 2.56 bits per heavy atom. The lowest BCUT2D eigenvalue weighted by molar-refractivity contribution is -0.140. The highest BCUT2D eigenvalue weighted by molar-refractivity contribution is 6.30. The first-order valence-corrected chi connectivity index (χ1v) is 7.57. The standard InChI is InChI=1S/C17H12ClF4NO2/c18-14-8-23(12-3-1-2-10(6-12)9-24)25-16(14)11-4-5-13(15(19)7-11)17(20,21)22/h1-8,16,24H,9H2. The van der Waals surface area contributed by atoms with E-state index in [9.17, 15) is 22.7 Å². The first kappa shape index (κ1) is 17.7. The van der Waals surface area contributed by atoms with E-state index in [-0.39, 0.29) is 17.2 Å². The molecule has 1 N–H and O–H groups in total. The number of alkyl halides is 3. The van der Waals surface area contributed by atoms with Crippen LogP contribution >= 0.6 is 11.6 Å². The van der Waals surface area contributed by atoms with E-state index in [0.29, 0.717) is 17.3 Å². The lowest BCUT2D eigenvalue weighted by Gasteiger charge is -2.19. The third-order valence-corrected chi connectivity index (χ3v) is 3.95. The van der Waals surface area contributed by atoms with Crippen molar-refractivity contribution in [3.63, 3.8) is 0 Å². The van der Waals surface area contributed by atoms with Crippen LogP contribution in [-0.2, 0) is 17.6 Å². The molecule has 2 aromatic rings. The summed E-state index contributed by atoms with van der Waals surface area (Å²) >= 11 is 6.11. The molecule has 0 aliphatic carbocycles. The van der Waals surface area contributed by atoms with Crippen molar-refractivity contribution in [1.82, 2.24) is 0 Å². The van der Waals surface area contributed by atoms with E-state index in [1.165, 1.54) is 11.3 Å². The topological polar surface area (TPSA) is 32.7 Å². The minimum absolute atomic E-state index is 0.160. The molecule has 132 valence electrons. The zero-order valence-corrected chi connectivity index (χ0v) is 13.4. The van der Waals surface area contributed by atoms with Crippen molar-refractivity contribution in [1.29, 1.82) is 0 Å². The first-order chi connectivity index (χ1) is 11.8. The summed E-state index contributed by atoms with van der Waals surface area (Å²) in [5.41, 5.74) is 0.0312. The predicted molar refractivity (Wildman–Crippen MR) is 84.0 cm³/mol. The van der Waals surface area contributed by atoms with E-state index in [4.69, 9.17) is 16.4 Å². The predicted octanol–water partition coefficient (Wildman–Crippen LogP) is 4.91. The Hall–Kier alpha value is -2.09. The van der Waals surface area contributed by atoms with Crippen LogP contribution in [0.3, 0.4) is 0 Å². The number of hydrogen-bond acceptors (Lipinski definition) is 3. The summed E-state index contributed by atoms with van der Waals surface area (Å²) in [4.78, 5) is 5.61. The molecule has 1 atom stereocenters. The zero-order chi connectivity index (χ0) is 18.2. The molecule has 3 rings (SSSR count). The number of hydroxylamine groups is 1. The number of benzene rings is 2. The van der Waals surface area contributed by atoms with Gasteiger partial charge in [-0.3, -0.25) is 4.84 Å². The van der Waals surface area contributed by atoms with Gasteiger partial charge in [-0.05, 0) is 35.4 Å². The SMILES string of the molecule is OCc1cccc(N2C=C(Cl)C(c3ccc(C(F)(F)F)c(F)c3)O2)c1. The molecule has 0 amide bonds. The minimum Gasteiger partial charge on any atom is -0.392 e. The Bertz CT molecular complexity index is 823. The van der Waals surface area contributed by atoms with E-state index in [1.54, 1.807) is 24.3 Å². The van der Waals surface area contributed by atoms with E-state index >= 15 is 0 Å². The molecule has 1 aliphatic heterocycles. The monoisotopic (exact) mass is 373 g/mol. The summed E-state index contributed by atoms with van der Waals surface area (Å²) in [7, 11) is 0. The van der Waals surface area contributed by atoms with Gasteiger partial charge in [0, 0.05) is 0 Å². The van der Waals surface area contributed by atoms with Crippen LogP contribution in [0.5, 0.6) is 0 Å². The summed E-state index contributed by atoms with van der Waals surface area (Å²) in [6, 6.07) is 9.34. The number of aliphatic hydroxyl groups is 1. The first-order valence-electron chi connectivity index (χ1n) is 7.19. The van der Waals surface area contributed by atoms with Gasteiger partial charge in [-0.1, -0.05) is 29.8 Å². The van der Waals surface area contributed by atoms with Crippen LogP contribution in [-0.4, -0.2) is 5.11 Å². The lowest BCUT2D eigenvalue weighted by atomic mass is 10.1. The van der Waals surface area contributed by atoms with Gasteiger partial charge in [0.05, 0.1) is 29.1 Å². The smallest absolute Gasteiger partial charge is 0.392 e. The maximum atomic E-state index is 13.8. The van der Waals surface area contributed by atoms with Crippen molar-refractivity contribution in [3.05, 3.63) is 76.2 Å². The molecule has 0 saturated carbocycles. The average molecular weight is 374 g/mol. The van der Waals surface area contributed by atoms with Gasteiger partial charge in [-0.25, -0.2) is 9.45 Å². The van der Waals surface area contributed by atoms with Crippen molar-refractivity contribution in [2.45, 2.75) is 18.9 Å². The van der Waals surface area contributed by atoms with Gasteiger partial charge >= 0.3 is 6.18 Å². The highest BCUT2D eigenvalue weighted by atomic mass is 35.5. The van der Waals surface area contributed by atoms with E-state index < -0.39 is 23.7 Å². The quantitative estimate of drug-likeness (QED) is 0.776. The number of nitrogens with zero attached hydrogens (tertiary/aromatic N) is 1. The number of aliphatic hydroxyl groups excluding tert-OH is 1. The highest BCUT2D eigenvalue weighted by Crippen LogP contribution is 2.39. The fourth-order valence-electron chi connectivity index (χ4n) is 2.45. The van der Waals surface area contributed by atoms with Crippen molar-refractivity contribution in [2.75, 3.05) is 5.06 Å². The van der Waals surface area contributed by atoms with Crippen LogP contribution in [0, 0.1) is 5.82 Å². The Morgan fingerprint density at radius 1 is 1.16 bits per heavy atom. The average Bonchev–Trinajstić information content (AvgIpc) is 2.95. The van der Waals surface area contributed by atoms with E-state index in [1.807, 2.05) is 0 Å². The van der Waals surface area contributed by atoms with Crippen LogP contribution in [0.1, 0.15) is 22.8 Å². The zero-order valence-electron chi connectivity index (χ0n) is 12.6. The van der Waals surface area contributed by atoms with Gasteiger partial charge in [-0.2, -0.15) is 13.2 Å². The normalized spacial score (nSPS) is 17.8. The van der Waals surface area contributed by atoms with Gasteiger partial charge < -0.3 is 5.11 Å². The molecule has 0 fully saturated rings. The Kier molecular flexibility index (Phi) is 4.73. The molecule has 1 unspecified atom stereocenters. The Labute approximate surface area is 145 Å². The Morgan fingerprint density at radius 2 is 1.92 bits per heavy atom. The molecule has 2 aromatic carbocycles. The van der Waals surface area contributed by atoms with Crippen molar-refractivity contribution in [3.8, 4) is 0 Å². The second kappa shape index (κ2) is 6.67. The summed E-state index contributed by atoms with van der Waals surface area (Å²) in [5.74, 6) is -1.39. The van der Waals surface area contributed by atoms with Crippen molar-refractivity contribution < 1.29 is 27.5 Å². The number of hydrogen-bond donors (Lipinski definition) is 1. The molecule has 0 aromatic heterocycles. The molecular weight excluding hydrogens is 362 g/mol. The van der Waals surface area contributed by atoms with Crippen molar-refractivity contribution >= 4 is 17.3 Å². The van der Waals surface area contributed by atoms with Crippen LogP contribution < -0.4 is 5.06 Å². The summed E-state index contributed by atoms with van der Waals surface area (Å²) in [6.45, 7) is -0.160. The van der Waals surface area contributed by atoms with Crippen molar-refractivity contribution in [2.24, 2.45) is 0 Å². The summed E-state index contributed by atoms with van der Waals surface area (Å²) in [6.07, 6.45) is -4.25. The van der Waals surface area contributed by atoms with Gasteiger partial charge in [0.15, 0.2) is 0 Å². The number of rotatable bonds is 3. The van der Waals surface area contributed by atoms with Gasteiger partial charge in [0.25, 0.3) is 0 Å². The van der Waals surface area contributed by atoms with Crippen LogP contribution in [0.4, 0.5) is 23.2 Å². The Balaban J connectivity index is 1.86. The third kappa shape index (κ3) is 3.63. The molecule has 25 heavy (non-hydrogen) atoms. The van der Waals surface area contributed by atoms with Gasteiger partial charge in [0.2, 0.25) is 0 Å². The molecule has 1 aliphatic rings. The molecule has 1 heterocycles.